The van der Waals surface area contributed by atoms with E-state index in [1.807, 2.05) is 73.0 Å². The van der Waals surface area contributed by atoms with Gasteiger partial charge in [0.2, 0.25) is 0 Å². The molecule has 0 bridgehead atoms. The number of carbonyl (C=O) groups excluding carboxylic acids is 1. The molecule has 0 radical (unpaired) electrons. The molecule has 4 rings (SSSR count). The number of benzene rings is 2. The molecule has 0 atom stereocenters. The Morgan fingerprint density at radius 1 is 1.07 bits per heavy atom. The first-order chi connectivity index (χ1) is 14.5. The highest BCUT2D eigenvalue weighted by molar-refractivity contribution is 7.19. The van der Waals surface area contributed by atoms with Crippen molar-refractivity contribution >= 4 is 22.2 Å². The molecule has 0 fully saturated rings. The zero-order valence-corrected chi connectivity index (χ0v) is 18.0. The summed E-state index contributed by atoms with van der Waals surface area (Å²) in [6, 6.07) is 15.6. The molecule has 0 spiro atoms. The van der Waals surface area contributed by atoms with Gasteiger partial charge in [-0.15, -0.1) is 0 Å². The van der Waals surface area contributed by atoms with E-state index in [9.17, 15) is 4.79 Å². The van der Waals surface area contributed by atoms with Gasteiger partial charge in [0.25, 0.3) is 5.91 Å². The van der Waals surface area contributed by atoms with Gasteiger partial charge in [-0.1, -0.05) is 29.0 Å². The number of amides is 1. The van der Waals surface area contributed by atoms with Crippen LogP contribution in [0.3, 0.4) is 0 Å². The summed E-state index contributed by atoms with van der Waals surface area (Å²) in [6.07, 6.45) is 1.96. The molecular formula is C23H23N3O3S. The fraction of sp³-hybridized carbons (Fsp3) is 0.217. The highest BCUT2D eigenvalue weighted by Gasteiger charge is 2.18. The lowest BCUT2D eigenvalue weighted by molar-refractivity contribution is 0.0950. The molecule has 0 aliphatic rings. The molecule has 1 N–H and O–H groups in total. The second kappa shape index (κ2) is 8.59. The van der Waals surface area contributed by atoms with E-state index in [4.69, 9.17) is 9.47 Å². The number of methoxy groups -OCH3 is 1. The number of thiazole rings is 1. The van der Waals surface area contributed by atoms with Crippen LogP contribution in [0.25, 0.3) is 16.2 Å². The highest BCUT2D eigenvalue weighted by Crippen LogP contribution is 2.28. The average Bonchev–Trinajstić information content (AvgIpc) is 3.32. The molecule has 154 valence electrons. The molecule has 0 aliphatic carbocycles. The molecule has 2 heterocycles. The van der Waals surface area contributed by atoms with Gasteiger partial charge in [-0.3, -0.25) is 9.20 Å². The van der Waals surface area contributed by atoms with Gasteiger partial charge >= 0.3 is 0 Å². The van der Waals surface area contributed by atoms with E-state index in [2.05, 4.69) is 10.3 Å². The van der Waals surface area contributed by atoms with Crippen molar-refractivity contribution in [3.63, 3.8) is 0 Å². The lowest BCUT2D eigenvalue weighted by Gasteiger charge is -2.07. The van der Waals surface area contributed by atoms with Crippen LogP contribution >= 0.6 is 11.3 Å². The number of hydrogen-bond acceptors (Lipinski definition) is 5. The van der Waals surface area contributed by atoms with Crippen LogP contribution in [0.1, 0.15) is 20.9 Å². The number of nitrogens with one attached hydrogen (secondary N) is 1. The van der Waals surface area contributed by atoms with Gasteiger partial charge in [-0.25, -0.2) is 4.98 Å². The van der Waals surface area contributed by atoms with Gasteiger partial charge in [0.15, 0.2) is 4.96 Å². The van der Waals surface area contributed by atoms with Crippen LogP contribution in [-0.4, -0.2) is 35.6 Å². The van der Waals surface area contributed by atoms with Gasteiger partial charge in [0, 0.05) is 17.5 Å². The van der Waals surface area contributed by atoms with E-state index in [1.165, 1.54) is 16.9 Å². The summed E-state index contributed by atoms with van der Waals surface area (Å²) in [5, 5.41) is 2.92. The van der Waals surface area contributed by atoms with Crippen molar-refractivity contribution in [2.75, 3.05) is 20.3 Å². The monoisotopic (exact) mass is 421 g/mol. The maximum absolute atomic E-state index is 12.6. The summed E-state index contributed by atoms with van der Waals surface area (Å²) in [5.74, 6) is 1.49. The van der Waals surface area contributed by atoms with Crippen molar-refractivity contribution in [1.29, 1.82) is 0 Å². The number of ether oxygens (including phenoxy) is 2. The fourth-order valence-corrected chi connectivity index (χ4v) is 4.14. The maximum Gasteiger partial charge on any atom is 0.263 e. The Bertz CT molecular complexity index is 1160. The third-order valence-corrected chi connectivity index (χ3v) is 5.98. The number of hydrogen-bond donors (Lipinski definition) is 1. The lowest BCUT2D eigenvalue weighted by Crippen LogP contribution is -2.28. The fourth-order valence-electron chi connectivity index (χ4n) is 3.11. The minimum Gasteiger partial charge on any atom is -0.497 e. The standard InChI is InChI=1S/C23H23N3O3S/c1-15-4-8-19(9-5-15)29-13-12-24-22(27)21-16(2)26-14-20(25-23(26)30-21)17-6-10-18(28-3)11-7-17/h4-11,14H,12-13H2,1-3H3,(H,24,27). The first-order valence-corrected chi connectivity index (χ1v) is 10.5. The second-order valence-electron chi connectivity index (χ2n) is 6.94. The van der Waals surface area contributed by atoms with Gasteiger partial charge in [-0.2, -0.15) is 0 Å². The van der Waals surface area contributed by atoms with Crippen molar-refractivity contribution in [2.24, 2.45) is 0 Å². The van der Waals surface area contributed by atoms with Crippen LogP contribution in [0.4, 0.5) is 0 Å². The summed E-state index contributed by atoms with van der Waals surface area (Å²) >= 11 is 1.39. The summed E-state index contributed by atoms with van der Waals surface area (Å²) in [6.45, 7) is 4.81. The number of aryl methyl sites for hydroxylation is 2. The molecule has 0 saturated carbocycles. The van der Waals surface area contributed by atoms with E-state index in [0.29, 0.717) is 18.0 Å². The summed E-state index contributed by atoms with van der Waals surface area (Å²) in [7, 11) is 1.65. The van der Waals surface area contributed by atoms with Gasteiger partial charge in [0.05, 0.1) is 19.3 Å². The van der Waals surface area contributed by atoms with Crippen molar-refractivity contribution in [2.45, 2.75) is 13.8 Å². The van der Waals surface area contributed by atoms with Crippen molar-refractivity contribution in [3.05, 3.63) is 70.9 Å². The Hall–Kier alpha value is -3.32. The zero-order chi connectivity index (χ0) is 21.1. The molecule has 0 aliphatic heterocycles. The van der Waals surface area contributed by atoms with Crippen LogP contribution in [0.2, 0.25) is 0 Å². The molecule has 0 unspecified atom stereocenters. The van der Waals surface area contributed by atoms with E-state index in [0.717, 1.165) is 33.4 Å². The van der Waals surface area contributed by atoms with E-state index >= 15 is 0 Å². The quantitative estimate of drug-likeness (QED) is 0.446. The predicted octanol–water partition coefficient (Wildman–Crippen LogP) is 4.50. The molecule has 4 aromatic rings. The van der Waals surface area contributed by atoms with Crippen molar-refractivity contribution in [3.8, 4) is 22.8 Å². The molecule has 2 aromatic heterocycles. The SMILES string of the molecule is COc1ccc(-c2cn3c(C)c(C(=O)NCCOc4ccc(C)cc4)sc3n2)cc1. The predicted molar refractivity (Wildman–Crippen MR) is 119 cm³/mol. The minimum atomic E-state index is -0.110. The number of aromatic nitrogens is 2. The number of nitrogens with zero attached hydrogens (tertiary/aromatic N) is 2. The molecule has 6 nitrogen and oxygen atoms in total. The third kappa shape index (κ3) is 4.16. The highest BCUT2D eigenvalue weighted by atomic mass is 32.1. The normalized spacial score (nSPS) is 10.9. The van der Waals surface area contributed by atoms with E-state index < -0.39 is 0 Å². The van der Waals surface area contributed by atoms with E-state index in [1.54, 1.807) is 7.11 Å². The van der Waals surface area contributed by atoms with Crippen LogP contribution < -0.4 is 14.8 Å². The van der Waals surface area contributed by atoms with Gasteiger partial charge in [0.1, 0.15) is 23.0 Å². The number of rotatable bonds is 7. The van der Waals surface area contributed by atoms with Gasteiger partial charge in [-0.05, 0) is 50.2 Å². The molecule has 2 aromatic carbocycles. The Balaban J connectivity index is 1.39. The first kappa shape index (κ1) is 20.0. The molecule has 7 heteroatoms. The van der Waals surface area contributed by atoms with Crippen LogP contribution in [0.15, 0.2) is 54.7 Å². The van der Waals surface area contributed by atoms with Crippen LogP contribution in [0.5, 0.6) is 11.5 Å². The van der Waals surface area contributed by atoms with Crippen LogP contribution in [0, 0.1) is 13.8 Å². The van der Waals surface area contributed by atoms with E-state index in [-0.39, 0.29) is 5.91 Å². The Kier molecular flexibility index (Phi) is 5.72. The first-order valence-electron chi connectivity index (χ1n) is 9.66. The molecule has 30 heavy (non-hydrogen) atoms. The summed E-state index contributed by atoms with van der Waals surface area (Å²) in [5.41, 5.74) is 3.93. The third-order valence-electron chi connectivity index (χ3n) is 4.83. The van der Waals surface area contributed by atoms with Gasteiger partial charge < -0.3 is 14.8 Å². The Labute approximate surface area is 179 Å². The summed E-state index contributed by atoms with van der Waals surface area (Å²) in [4.78, 5) is 18.7. The average molecular weight is 422 g/mol. The minimum absolute atomic E-state index is 0.110. The van der Waals surface area contributed by atoms with Crippen molar-refractivity contribution < 1.29 is 14.3 Å². The Morgan fingerprint density at radius 2 is 1.77 bits per heavy atom. The largest absolute Gasteiger partial charge is 0.497 e. The molecule has 1 amide bonds. The topological polar surface area (TPSA) is 64.9 Å². The second-order valence-corrected chi connectivity index (χ2v) is 7.92. The maximum atomic E-state index is 12.6. The molecule has 0 saturated heterocycles. The number of imidazole rings is 1. The Morgan fingerprint density at radius 3 is 2.43 bits per heavy atom. The summed E-state index contributed by atoms with van der Waals surface area (Å²) < 4.78 is 12.8. The van der Waals surface area contributed by atoms with Crippen LogP contribution in [-0.2, 0) is 0 Å². The number of carbonyl (C=O) groups is 1. The lowest BCUT2D eigenvalue weighted by atomic mass is 10.2. The molecular weight excluding hydrogens is 398 g/mol. The van der Waals surface area contributed by atoms with Crippen molar-refractivity contribution in [1.82, 2.24) is 14.7 Å². The smallest absolute Gasteiger partial charge is 0.263 e. The number of fused-ring (bicyclic) bond motifs is 1. The zero-order valence-electron chi connectivity index (χ0n) is 17.1.